The van der Waals surface area contributed by atoms with Crippen molar-refractivity contribution in [1.82, 2.24) is 19.3 Å². The van der Waals surface area contributed by atoms with Gasteiger partial charge in [-0.2, -0.15) is 5.10 Å². The highest BCUT2D eigenvalue weighted by Crippen LogP contribution is 2.19. The van der Waals surface area contributed by atoms with E-state index >= 15 is 0 Å². The molecular formula is C16H19ClN4. The van der Waals surface area contributed by atoms with Crippen molar-refractivity contribution in [1.29, 1.82) is 0 Å². The normalized spacial score (nSPS) is 11.3. The second-order valence-corrected chi connectivity index (χ2v) is 5.61. The molecule has 0 spiro atoms. The van der Waals surface area contributed by atoms with Crippen LogP contribution in [-0.4, -0.2) is 25.2 Å². The zero-order valence-electron chi connectivity index (χ0n) is 12.2. The smallest absolute Gasteiger partial charge is 0.111 e. The zero-order valence-corrected chi connectivity index (χ0v) is 12.9. The van der Waals surface area contributed by atoms with Gasteiger partial charge < -0.3 is 4.57 Å². The molecule has 0 amide bonds. The van der Waals surface area contributed by atoms with Gasteiger partial charge in [-0.15, -0.1) is 11.6 Å². The van der Waals surface area contributed by atoms with E-state index in [4.69, 9.17) is 16.6 Å². The lowest BCUT2D eigenvalue weighted by atomic mass is 10.2. The lowest BCUT2D eigenvalue weighted by molar-refractivity contribution is 0.524. The maximum absolute atomic E-state index is 5.91. The minimum Gasteiger partial charge on any atom is -0.328 e. The second-order valence-electron chi connectivity index (χ2n) is 5.23. The van der Waals surface area contributed by atoms with E-state index in [-0.39, 0.29) is 0 Å². The van der Waals surface area contributed by atoms with Gasteiger partial charge in [0.15, 0.2) is 0 Å². The molecule has 3 rings (SSSR count). The summed E-state index contributed by atoms with van der Waals surface area (Å²) in [5.74, 6) is 1.67. The highest BCUT2D eigenvalue weighted by Gasteiger charge is 2.10. The van der Waals surface area contributed by atoms with Crippen molar-refractivity contribution in [2.45, 2.75) is 32.9 Å². The Labute approximate surface area is 129 Å². The van der Waals surface area contributed by atoms with Crippen molar-refractivity contribution in [2.24, 2.45) is 0 Å². The van der Waals surface area contributed by atoms with Crippen molar-refractivity contribution in [2.75, 3.05) is 5.88 Å². The Bertz CT molecular complexity index is 715. The number of hydrogen-bond acceptors (Lipinski definition) is 2. The molecule has 4 nitrogen and oxygen atoms in total. The fourth-order valence-corrected chi connectivity index (χ4v) is 2.81. The number of aromatic nitrogens is 4. The van der Waals surface area contributed by atoms with Crippen LogP contribution < -0.4 is 0 Å². The van der Waals surface area contributed by atoms with E-state index < -0.39 is 0 Å². The second kappa shape index (κ2) is 6.31. The highest BCUT2D eigenvalue weighted by molar-refractivity contribution is 6.17. The van der Waals surface area contributed by atoms with E-state index in [0.717, 1.165) is 37.3 Å². The number of fused-ring (bicyclic) bond motifs is 1. The number of benzene rings is 1. The van der Waals surface area contributed by atoms with Crippen LogP contribution in [0.5, 0.6) is 0 Å². The molecule has 2 heterocycles. The maximum atomic E-state index is 5.91. The minimum atomic E-state index is 0.599. The predicted octanol–water partition coefficient (Wildman–Crippen LogP) is 3.41. The molecule has 5 heteroatoms. The lowest BCUT2D eigenvalue weighted by Gasteiger charge is -2.09. The van der Waals surface area contributed by atoms with Crippen LogP contribution in [0.2, 0.25) is 0 Å². The summed E-state index contributed by atoms with van der Waals surface area (Å²) in [6.07, 6.45) is 5.64. The summed E-state index contributed by atoms with van der Waals surface area (Å²) in [7, 11) is 0. The summed E-state index contributed by atoms with van der Waals surface area (Å²) < 4.78 is 4.26. The highest BCUT2D eigenvalue weighted by atomic mass is 35.5. The molecule has 0 saturated heterocycles. The Morgan fingerprint density at radius 2 is 2.14 bits per heavy atom. The molecule has 0 aliphatic rings. The third kappa shape index (κ3) is 3.10. The van der Waals surface area contributed by atoms with Crippen LogP contribution in [0.1, 0.15) is 17.8 Å². The summed E-state index contributed by atoms with van der Waals surface area (Å²) in [4.78, 5) is 4.73. The standard InChI is InChI=1S/C16H19ClN4/c1-13-4-5-15-14(12-13)19-16(6-7-17)21(15)11-3-10-20-9-2-8-18-20/h2,4-5,8-9,12H,3,6-7,10-11H2,1H3. The van der Waals surface area contributed by atoms with E-state index in [2.05, 4.69) is 34.8 Å². The van der Waals surface area contributed by atoms with Gasteiger partial charge in [-0.1, -0.05) is 6.07 Å². The minimum absolute atomic E-state index is 0.599. The summed E-state index contributed by atoms with van der Waals surface area (Å²) >= 11 is 5.91. The summed E-state index contributed by atoms with van der Waals surface area (Å²) in [6.45, 7) is 3.95. The van der Waals surface area contributed by atoms with Crippen LogP contribution in [0.3, 0.4) is 0 Å². The van der Waals surface area contributed by atoms with Gasteiger partial charge in [0.25, 0.3) is 0 Å². The average Bonchev–Trinajstić information content (AvgIpc) is 3.08. The van der Waals surface area contributed by atoms with Crippen molar-refractivity contribution < 1.29 is 0 Å². The van der Waals surface area contributed by atoms with Gasteiger partial charge in [0.1, 0.15) is 5.82 Å². The molecule has 0 N–H and O–H groups in total. The number of rotatable bonds is 6. The number of hydrogen-bond donors (Lipinski definition) is 0. The van der Waals surface area contributed by atoms with Gasteiger partial charge >= 0.3 is 0 Å². The van der Waals surface area contributed by atoms with Gasteiger partial charge in [-0.25, -0.2) is 4.98 Å². The molecule has 21 heavy (non-hydrogen) atoms. The molecule has 3 aromatic rings. The summed E-state index contributed by atoms with van der Waals surface area (Å²) in [5, 5.41) is 4.24. The van der Waals surface area contributed by atoms with E-state index in [9.17, 15) is 0 Å². The first-order chi connectivity index (χ1) is 10.3. The van der Waals surface area contributed by atoms with Gasteiger partial charge in [0.2, 0.25) is 0 Å². The zero-order chi connectivity index (χ0) is 14.7. The first-order valence-electron chi connectivity index (χ1n) is 7.27. The first kappa shape index (κ1) is 14.1. The van der Waals surface area contributed by atoms with Crippen LogP contribution >= 0.6 is 11.6 Å². The van der Waals surface area contributed by atoms with E-state index in [1.54, 1.807) is 0 Å². The summed E-state index contributed by atoms with van der Waals surface area (Å²) in [6, 6.07) is 8.38. The Morgan fingerprint density at radius 3 is 2.90 bits per heavy atom. The monoisotopic (exact) mass is 302 g/mol. The quantitative estimate of drug-likeness (QED) is 0.654. The van der Waals surface area contributed by atoms with Gasteiger partial charge in [0, 0.05) is 37.8 Å². The molecule has 0 radical (unpaired) electrons. The molecule has 0 fully saturated rings. The molecule has 0 bridgehead atoms. The van der Waals surface area contributed by atoms with Crippen LogP contribution in [0, 0.1) is 6.92 Å². The van der Waals surface area contributed by atoms with E-state index in [1.165, 1.54) is 11.1 Å². The third-order valence-corrected chi connectivity index (χ3v) is 3.82. The summed E-state index contributed by atoms with van der Waals surface area (Å²) in [5.41, 5.74) is 3.50. The topological polar surface area (TPSA) is 35.6 Å². The molecule has 0 atom stereocenters. The van der Waals surface area contributed by atoms with Crippen molar-refractivity contribution >= 4 is 22.6 Å². The van der Waals surface area contributed by atoms with Crippen LogP contribution in [0.25, 0.3) is 11.0 Å². The van der Waals surface area contributed by atoms with Gasteiger partial charge in [0.05, 0.1) is 11.0 Å². The Balaban J connectivity index is 1.82. The third-order valence-electron chi connectivity index (χ3n) is 3.63. The molecular weight excluding hydrogens is 284 g/mol. The molecule has 110 valence electrons. The van der Waals surface area contributed by atoms with E-state index in [1.807, 2.05) is 23.1 Å². The number of aryl methyl sites for hydroxylation is 4. The Hall–Kier alpha value is -1.81. The van der Waals surface area contributed by atoms with Gasteiger partial charge in [-0.3, -0.25) is 4.68 Å². The van der Waals surface area contributed by atoms with Crippen LogP contribution in [0.4, 0.5) is 0 Å². The molecule has 0 saturated carbocycles. The van der Waals surface area contributed by atoms with Crippen molar-refractivity contribution in [3.63, 3.8) is 0 Å². The molecule has 2 aromatic heterocycles. The SMILES string of the molecule is Cc1ccc2c(c1)nc(CCCl)n2CCCn1cccn1. The van der Waals surface area contributed by atoms with Crippen LogP contribution in [0.15, 0.2) is 36.7 Å². The molecule has 0 aliphatic carbocycles. The molecule has 0 aliphatic heterocycles. The van der Waals surface area contributed by atoms with Crippen LogP contribution in [-0.2, 0) is 19.5 Å². The average molecular weight is 303 g/mol. The maximum Gasteiger partial charge on any atom is 0.111 e. The van der Waals surface area contributed by atoms with E-state index in [0.29, 0.717) is 5.88 Å². The Kier molecular flexibility index (Phi) is 4.25. The van der Waals surface area contributed by atoms with Gasteiger partial charge in [-0.05, 0) is 37.1 Å². The van der Waals surface area contributed by atoms with Crippen molar-refractivity contribution in [3.8, 4) is 0 Å². The number of imidazole rings is 1. The molecule has 0 unspecified atom stereocenters. The fourth-order valence-electron chi connectivity index (χ4n) is 2.64. The first-order valence-corrected chi connectivity index (χ1v) is 7.80. The number of nitrogens with zero attached hydrogens (tertiary/aromatic N) is 4. The Morgan fingerprint density at radius 1 is 1.24 bits per heavy atom. The fraction of sp³-hybridized carbons (Fsp3) is 0.375. The number of halogens is 1. The molecule has 1 aromatic carbocycles. The largest absolute Gasteiger partial charge is 0.328 e. The lowest BCUT2D eigenvalue weighted by Crippen LogP contribution is -2.08. The predicted molar refractivity (Wildman–Crippen MR) is 85.7 cm³/mol. The number of alkyl halides is 1. The van der Waals surface area contributed by atoms with Crippen molar-refractivity contribution in [3.05, 3.63) is 48.0 Å².